The van der Waals surface area contributed by atoms with E-state index in [9.17, 15) is 0 Å². The molecule has 2 N–H and O–H groups in total. The number of ether oxygens (including phenoxy) is 5. The highest BCUT2D eigenvalue weighted by molar-refractivity contribution is 4.40. The molecule has 23 heavy (non-hydrogen) atoms. The molecule has 144 valence electrons. The summed E-state index contributed by atoms with van der Waals surface area (Å²) < 4.78 is 24.5. The Labute approximate surface area is 141 Å². The molecule has 0 radical (unpaired) electrons. The summed E-state index contributed by atoms with van der Waals surface area (Å²) in [6.45, 7) is 11.5. The molecule has 0 spiro atoms. The molecule has 0 rings (SSSR count). The van der Waals surface area contributed by atoms with Gasteiger partial charge < -0.3 is 33.9 Å². The molecule has 0 bridgehead atoms. The average molecular weight is 342 g/mol. The van der Waals surface area contributed by atoms with E-state index in [0.717, 1.165) is 0 Å². The minimum atomic E-state index is 0.0278. The Morgan fingerprint density at radius 2 is 0.957 bits per heavy atom. The van der Waals surface area contributed by atoms with Gasteiger partial charge in [-0.3, -0.25) is 0 Å². The molecule has 7 heteroatoms. The maximum atomic E-state index is 8.09. The molecule has 0 aromatic rings. The monoisotopic (exact) mass is 342 g/mol. The largest absolute Gasteiger partial charge is 0.394 e. The van der Waals surface area contributed by atoms with Gasteiger partial charge in [-0.25, -0.2) is 0 Å². The van der Waals surface area contributed by atoms with Crippen LogP contribution in [0, 0.1) is 0 Å². The Morgan fingerprint density at radius 3 is 1.17 bits per heavy atom. The smallest absolute Gasteiger partial charge is 0.0701 e. The molecule has 0 unspecified atom stereocenters. The molecule has 7 nitrogen and oxygen atoms in total. The van der Waals surface area contributed by atoms with Crippen LogP contribution in [0.4, 0.5) is 0 Å². The summed E-state index contributed by atoms with van der Waals surface area (Å²) in [6, 6.07) is 0. The van der Waals surface area contributed by atoms with E-state index in [1.807, 2.05) is 27.7 Å². The van der Waals surface area contributed by atoms with Crippen LogP contribution in [-0.2, 0) is 23.7 Å². The zero-order chi connectivity index (χ0) is 18.3. The lowest BCUT2D eigenvalue weighted by Crippen LogP contribution is -2.09. The van der Waals surface area contributed by atoms with Crippen LogP contribution in [0.15, 0.2) is 0 Å². The van der Waals surface area contributed by atoms with Gasteiger partial charge in [-0.2, -0.15) is 0 Å². The van der Waals surface area contributed by atoms with Crippen molar-refractivity contribution in [3.63, 3.8) is 0 Å². The first-order valence-corrected chi connectivity index (χ1v) is 7.96. The van der Waals surface area contributed by atoms with E-state index >= 15 is 0 Å². The second kappa shape index (κ2) is 26.6. The number of rotatable bonds is 12. The van der Waals surface area contributed by atoms with E-state index < -0.39 is 0 Å². The summed E-state index contributed by atoms with van der Waals surface area (Å²) in [6.07, 6.45) is 0.750. The Kier molecular flexibility index (Phi) is 31.9. The molecule has 0 heterocycles. The molecular formula is C16H38O7. The van der Waals surface area contributed by atoms with Gasteiger partial charge in [-0.05, 0) is 27.7 Å². The molecule has 0 amide bonds. The van der Waals surface area contributed by atoms with Gasteiger partial charge in [-0.1, -0.05) is 0 Å². The third kappa shape index (κ3) is 44.9. The van der Waals surface area contributed by atoms with Crippen molar-refractivity contribution in [2.24, 2.45) is 0 Å². The number of hydrogen-bond donors (Lipinski definition) is 2. The van der Waals surface area contributed by atoms with Gasteiger partial charge in [0.25, 0.3) is 0 Å². The van der Waals surface area contributed by atoms with Gasteiger partial charge in [0.2, 0.25) is 0 Å². The van der Waals surface area contributed by atoms with Crippen molar-refractivity contribution in [1.29, 1.82) is 0 Å². The first kappa shape index (κ1) is 27.6. The Bertz CT molecular complexity index is 162. The molecule has 0 aliphatic carbocycles. The minimum Gasteiger partial charge on any atom is -0.394 e. The van der Waals surface area contributed by atoms with Gasteiger partial charge >= 0.3 is 0 Å². The summed E-state index contributed by atoms with van der Waals surface area (Å²) in [7, 11) is 3.30. The first-order valence-electron chi connectivity index (χ1n) is 7.96. The SMILES string of the molecule is CC(C)OC(C)C.COCCOCCOC.OCCOCCO. The Balaban J connectivity index is -0.000000264. The number of aliphatic hydroxyl groups excluding tert-OH is 2. The van der Waals surface area contributed by atoms with Crippen LogP contribution in [0.5, 0.6) is 0 Å². The third-order valence-corrected chi connectivity index (χ3v) is 1.88. The topological polar surface area (TPSA) is 86.6 Å². The second-order valence-electron chi connectivity index (χ2n) is 4.89. The van der Waals surface area contributed by atoms with E-state index in [1.54, 1.807) is 14.2 Å². The van der Waals surface area contributed by atoms with E-state index in [4.69, 9.17) is 29.2 Å². The van der Waals surface area contributed by atoms with Crippen molar-refractivity contribution in [2.75, 3.05) is 67.1 Å². The highest BCUT2D eigenvalue weighted by Gasteiger charge is 1.94. The van der Waals surface area contributed by atoms with Crippen LogP contribution in [0.2, 0.25) is 0 Å². The van der Waals surface area contributed by atoms with Gasteiger partial charge in [0.15, 0.2) is 0 Å². The van der Waals surface area contributed by atoms with E-state index in [-0.39, 0.29) is 13.2 Å². The maximum Gasteiger partial charge on any atom is 0.0701 e. The summed E-state index contributed by atoms with van der Waals surface area (Å²) in [5.41, 5.74) is 0. The summed E-state index contributed by atoms with van der Waals surface area (Å²) in [4.78, 5) is 0. The molecule has 0 aromatic heterocycles. The van der Waals surface area contributed by atoms with Gasteiger partial charge in [0.05, 0.1) is 65.1 Å². The fourth-order valence-corrected chi connectivity index (χ4v) is 1.16. The predicted molar refractivity (Wildman–Crippen MR) is 90.9 cm³/mol. The van der Waals surface area contributed by atoms with Crippen molar-refractivity contribution in [3.8, 4) is 0 Å². The summed E-state index contributed by atoms with van der Waals surface area (Å²) in [5.74, 6) is 0. The van der Waals surface area contributed by atoms with Crippen molar-refractivity contribution in [3.05, 3.63) is 0 Å². The van der Waals surface area contributed by atoms with Crippen LogP contribution in [0.3, 0.4) is 0 Å². The van der Waals surface area contributed by atoms with Crippen LogP contribution < -0.4 is 0 Å². The number of methoxy groups -OCH3 is 2. The lowest BCUT2D eigenvalue weighted by molar-refractivity contribution is 0.0300. The predicted octanol–water partition coefficient (Wildman–Crippen LogP) is 1.10. The molecular weight excluding hydrogens is 304 g/mol. The van der Waals surface area contributed by atoms with Crippen LogP contribution in [0.1, 0.15) is 27.7 Å². The van der Waals surface area contributed by atoms with Crippen LogP contribution >= 0.6 is 0 Å². The van der Waals surface area contributed by atoms with Gasteiger partial charge in [0, 0.05) is 14.2 Å². The quantitative estimate of drug-likeness (QED) is 0.514. The highest BCUT2D eigenvalue weighted by Crippen LogP contribution is 1.93. The zero-order valence-corrected chi connectivity index (χ0v) is 15.7. The lowest BCUT2D eigenvalue weighted by Gasteiger charge is -2.09. The highest BCUT2D eigenvalue weighted by atomic mass is 16.5. The lowest BCUT2D eigenvalue weighted by atomic mass is 10.4. The normalized spacial score (nSPS) is 10.2. The molecule has 0 aliphatic heterocycles. The third-order valence-electron chi connectivity index (χ3n) is 1.88. The molecule has 0 atom stereocenters. The molecule has 0 aromatic carbocycles. The zero-order valence-electron chi connectivity index (χ0n) is 15.7. The second-order valence-corrected chi connectivity index (χ2v) is 4.89. The van der Waals surface area contributed by atoms with Gasteiger partial charge in [-0.15, -0.1) is 0 Å². The first-order chi connectivity index (χ1) is 11.0. The van der Waals surface area contributed by atoms with E-state index in [1.165, 1.54) is 0 Å². The van der Waals surface area contributed by atoms with Crippen LogP contribution in [-0.4, -0.2) is 89.5 Å². The van der Waals surface area contributed by atoms with Crippen molar-refractivity contribution in [2.45, 2.75) is 39.9 Å². The average Bonchev–Trinajstić information content (AvgIpc) is 2.48. The molecule has 0 saturated heterocycles. The number of aliphatic hydroxyl groups is 2. The molecule has 0 aliphatic rings. The van der Waals surface area contributed by atoms with E-state index in [0.29, 0.717) is 51.8 Å². The Morgan fingerprint density at radius 1 is 0.609 bits per heavy atom. The standard InChI is InChI=1S/C6H14O3.C6H14O.C4H10O3/c1-7-3-5-9-6-4-8-2;1-5(2)7-6(3)4;5-1-3-7-4-2-6/h3-6H2,1-2H3;5-6H,1-4H3;5-6H,1-4H2. The maximum absolute atomic E-state index is 8.09. The fourth-order valence-electron chi connectivity index (χ4n) is 1.16. The fraction of sp³-hybridized carbons (Fsp3) is 1.00. The van der Waals surface area contributed by atoms with Crippen LogP contribution in [0.25, 0.3) is 0 Å². The van der Waals surface area contributed by atoms with Gasteiger partial charge in [0.1, 0.15) is 0 Å². The minimum absolute atomic E-state index is 0.0278. The Hall–Kier alpha value is -0.280. The number of hydrogen-bond acceptors (Lipinski definition) is 7. The van der Waals surface area contributed by atoms with Crippen molar-refractivity contribution < 1.29 is 33.9 Å². The summed E-state index contributed by atoms with van der Waals surface area (Å²) >= 11 is 0. The van der Waals surface area contributed by atoms with E-state index in [2.05, 4.69) is 4.74 Å². The van der Waals surface area contributed by atoms with Crippen molar-refractivity contribution >= 4 is 0 Å². The molecule has 0 fully saturated rings. The van der Waals surface area contributed by atoms with Crippen molar-refractivity contribution in [1.82, 2.24) is 0 Å². The molecule has 0 saturated carbocycles. The summed E-state index contributed by atoms with van der Waals surface area (Å²) in [5, 5.41) is 16.2.